The van der Waals surface area contributed by atoms with Gasteiger partial charge >= 0.3 is 0 Å². The van der Waals surface area contributed by atoms with Crippen LogP contribution in [0.25, 0.3) is 0 Å². The summed E-state index contributed by atoms with van der Waals surface area (Å²) in [6, 6.07) is 10.5. The van der Waals surface area contributed by atoms with Crippen molar-refractivity contribution in [1.82, 2.24) is 10.2 Å². The van der Waals surface area contributed by atoms with Crippen LogP contribution in [0.2, 0.25) is 0 Å². The van der Waals surface area contributed by atoms with Crippen LogP contribution in [0.1, 0.15) is 27.7 Å². The smallest absolute Gasteiger partial charge is 0.194 e. The molecule has 2 rings (SSSR count). The quantitative estimate of drug-likeness (QED) is 0.377. The molecule has 0 radical (unpaired) electrons. The molecular weight excluding hydrogens is 475 g/mol. The van der Waals surface area contributed by atoms with Gasteiger partial charge in [0.2, 0.25) is 0 Å². The molecule has 1 saturated heterocycles. The lowest BCUT2D eigenvalue weighted by Crippen LogP contribution is -2.57. The Balaban J connectivity index is 0.00000364. The number of hydrogen-bond acceptors (Lipinski definition) is 4. The summed E-state index contributed by atoms with van der Waals surface area (Å²) < 4.78 is 23.7. The Kier molecular flexibility index (Phi) is 8.85. The first kappa shape index (κ1) is 24.0. The third-order valence-electron chi connectivity index (χ3n) is 5.01. The standard InChI is InChI=1S/C19H32N4O2S.HI/c1-6-20-18(23-12-13-26(24,25)19(3,4)15-23)21-14-16(2)22(5)17-10-8-7-9-11-17;/h7-11,16H,6,12-15H2,1-5H3,(H,20,21);1H. The van der Waals surface area contributed by atoms with Crippen LogP contribution in [-0.4, -0.2) is 69.0 Å². The number of guanidine groups is 1. The Morgan fingerprint density at radius 3 is 2.52 bits per heavy atom. The molecule has 6 nitrogen and oxygen atoms in total. The molecule has 1 fully saturated rings. The molecule has 0 saturated carbocycles. The van der Waals surface area contributed by atoms with Crippen molar-refractivity contribution in [3.63, 3.8) is 0 Å². The molecule has 1 aliphatic rings. The Bertz CT molecular complexity index is 722. The van der Waals surface area contributed by atoms with E-state index in [0.717, 1.165) is 18.2 Å². The van der Waals surface area contributed by atoms with Crippen LogP contribution in [-0.2, 0) is 9.84 Å². The van der Waals surface area contributed by atoms with Gasteiger partial charge in [0.15, 0.2) is 15.8 Å². The molecule has 154 valence electrons. The summed E-state index contributed by atoms with van der Waals surface area (Å²) in [5, 5.41) is 3.31. The zero-order chi connectivity index (χ0) is 19.4. The van der Waals surface area contributed by atoms with Gasteiger partial charge < -0.3 is 15.1 Å². The maximum absolute atomic E-state index is 12.2. The van der Waals surface area contributed by atoms with Gasteiger partial charge in [-0.1, -0.05) is 18.2 Å². The molecule has 1 aliphatic heterocycles. The highest BCUT2D eigenvalue weighted by Crippen LogP contribution is 2.23. The van der Waals surface area contributed by atoms with Crippen LogP contribution in [0, 0.1) is 0 Å². The molecule has 0 amide bonds. The van der Waals surface area contributed by atoms with E-state index in [-0.39, 0.29) is 35.8 Å². The first-order valence-electron chi connectivity index (χ1n) is 9.21. The topological polar surface area (TPSA) is 65.0 Å². The summed E-state index contributed by atoms with van der Waals surface area (Å²) in [6.45, 7) is 10.1. The van der Waals surface area contributed by atoms with Crippen LogP contribution in [0.15, 0.2) is 35.3 Å². The molecule has 1 aromatic carbocycles. The van der Waals surface area contributed by atoms with Crippen molar-refractivity contribution < 1.29 is 8.42 Å². The van der Waals surface area contributed by atoms with Gasteiger partial charge in [-0.15, -0.1) is 24.0 Å². The van der Waals surface area contributed by atoms with Gasteiger partial charge in [0.05, 0.1) is 17.0 Å². The van der Waals surface area contributed by atoms with Gasteiger partial charge in [0.1, 0.15) is 0 Å². The molecule has 8 heteroatoms. The van der Waals surface area contributed by atoms with Crippen molar-refractivity contribution in [2.24, 2.45) is 4.99 Å². The van der Waals surface area contributed by atoms with E-state index >= 15 is 0 Å². The van der Waals surface area contributed by atoms with Crippen LogP contribution in [0.4, 0.5) is 5.69 Å². The van der Waals surface area contributed by atoms with Crippen LogP contribution in [0.5, 0.6) is 0 Å². The summed E-state index contributed by atoms with van der Waals surface area (Å²) >= 11 is 0. The third-order valence-corrected chi connectivity index (χ3v) is 7.54. The number of hydrogen-bond donors (Lipinski definition) is 1. The number of halogens is 1. The van der Waals surface area contributed by atoms with E-state index in [2.05, 4.69) is 41.2 Å². The van der Waals surface area contributed by atoms with Crippen LogP contribution in [0.3, 0.4) is 0 Å². The SMILES string of the molecule is CCNC(=NCC(C)N(C)c1ccccc1)N1CCS(=O)(=O)C(C)(C)C1.I. The Morgan fingerprint density at radius 2 is 1.96 bits per heavy atom. The first-order chi connectivity index (χ1) is 12.2. The fourth-order valence-corrected chi connectivity index (χ4v) is 4.37. The van der Waals surface area contributed by atoms with Crippen LogP contribution < -0.4 is 10.2 Å². The number of likely N-dealkylation sites (N-methyl/N-ethyl adjacent to an activating group) is 1. The minimum Gasteiger partial charge on any atom is -0.370 e. The highest BCUT2D eigenvalue weighted by atomic mass is 127. The molecular formula is C19H33IN4O2S. The van der Waals surface area contributed by atoms with E-state index in [0.29, 0.717) is 19.6 Å². The molecule has 0 aromatic heterocycles. The average molecular weight is 508 g/mol. The summed E-state index contributed by atoms with van der Waals surface area (Å²) in [6.07, 6.45) is 0. The van der Waals surface area contributed by atoms with Gasteiger partial charge in [0, 0.05) is 38.4 Å². The van der Waals surface area contributed by atoms with Gasteiger partial charge in [0.25, 0.3) is 0 Å². The Morgan fingerprint density at radius 1 is 1.33 bits per heavy atom. The first-order valence-corrected chi connectivity index (χ1v) is 10.9. The monoisotopic (exact) mass is 508 g/mol. The zero-order valence-electron chi connectivity index (χ0n) is 17.0. The molecule has 1 heterocycles. The lowest BCUT2D eigenvalue weighted by atomic mass is 10.2. The molecule has 1 aromatic rings. The molecule has 27 heavy (non-hydrogen) atoms. The maximum atomic E-state index is 12.2. The largest absolute Gasteiger partial charge is 0.370 e. The van der Waals surface area contributed by atoms with Crippen LogP contribution >= 0.6 is 24.0 Å². The van der Waals surface area contributed by atoms with E-state index in [9.17, 15) is 8.42 Å². The molecule has 1 N–H and O–H groups in total. The summed E-state index contributed by atoms with van der Waals surface area (Å²) in [4.78, 5) is 9.07. The van der Waals surface area contributed by atoms with Crippen molar-refractivity contribution in [2.45, 2.75) is 38.5 Å². The second-order valence-corrected chi connectivity index (χ2v) is 10.2. The fraction of sp³-hybridized carbons (Fsp3) is 0.632. The normalized spacial score (nSPS) is 19.7. The van der Waals surface area contributed by atoms with E-state index < -0.39 is 14.6 Å². The van der Waals surface area contributed by atoms with Crippen molar-refractivity contribution in [1.29, 1.82) is 0 Å². The lowest BCUT2D eigenvalue weighted by Gasteiger charge is -2.39. The maximum Gasteiger partial charge on any atom is 0.194 e. The molecule has 1 atom stereocenters. The lowest BCUT2D eigenvalue weighted by molar-refractivity contribution is 0.353. The van der Waals surface area contributed by atoms with Gasteiger partial charge in [-0.05, 0) is 39.8 Å². The van der Waals surface area contributed by atoms with E-state index in [1.165, 1.54) is 0 Å². The second-order valence-electron chi connectivity index (χ2n) is 7.49. The minimum absolute atomic E-state index is 0. The van der Waals surface area contributed by atoms with E-state index in [4.69, 9.17) is 4.99 Å². The summed E-state index contributed by atoms with van der Waals surface area (Å²) in [5.74, 6) is 0.966. The van der Waals surface area contributed by atoms with Crippen molar-refractivity contribution in [3.05, 3.63) is 30.3 Å². The number of nitrogens with one attached hydrogen (secondary N) is 1. The number of anilines is 1. The molecule has 0 aliphatic carbocycles. The number of nitrogens with zero attached hydrogens (tertiary/aromatic N) is 3. The van der Waals surface area contributed by atoms with E-state index in [1.807, 2.05) is 25.1 Å². The number of para-hydroxylation sites is 1. The van der Waals surface area contributed by atoms with E-state index in [1.54, 1.807) is 13.8 Å². The predicted octanol–water partition coefficient (Wildman–Crippen LogP) is 2.60. The summed E-state index contributed by atoms with van der Waals surface area (Å²) in [7, 11) is -0.987. The molecule has 1 unspecified atom stereocenters. The Hall–Kier alpha value is -1.03. The minimum atomic E-state index is -3.06. The molecule has 0 spiro atoms. The van der Waals surface area contributed by atoms with Gasteiger partial charge in [-0.2, -0.15) is 0 Å². The second kappa shape index (κ2) is 9.95. The van der Waals surface area contributed by atoms with Crippen molar-refractivity contribution >= 4 is 45.5 Å². The number of benzene rings is 1. The Labute approximate surface area is 181 Å². The third kappa shape index (κ3) is 5.97. The highest BCUT2D eigenvalue weighted by molar-refractivity contribution is 14.0. The highest BCUT2D eigenvalue weighted by Gasteiger charge is 2.40. The van der Waals surface area contributed by atoms with Crippen molar-refractivity contribution in [2.75, 3.05) is 43.9 Å². The van der Waals surface area contributed by atoms with Crippen molar-refractivity contribution in [3.8, 4) is 0 Å². The van der Waals surface area contributed by atoms with Gasteiger partial charge in [-0.25, -0.2) is 8.42 Å². The number of aliphatic imine (C=N–C) groups is 1. The van der Waals surface area contributed by atoms with Gasteiger partial charge in [-0.3, -0.25) is 4.99 Å². The number of sulfone groups is 1. The average Bonchev–Trinajstić information content (AvgIpc) is 2.61. The summed E-state index contributed by atoms with van der Waals surface area (Å²) in [5.41, 5.74) is 1.16. The number of rotatable bonds is 5. The fourth-order valence-electron chi connectivity index (χ4n) is 3.01. The molecule has 0 bridgehead atoms. The predicted molar refractivity (Wildman–Crippen MR) is 125 cm³/mol. The zero-order valence-corrected chi connectivity index (χ0v) is 20.1.